The van der Waals surface area contributed by atoms with Crippen LogP contribution in [0.3, 0.4) is 0 Å². The summed E-state index contributed by atoms with van der Waals surface area (Å²) < 4.78 is 0. The number of carbonyl (C=O) groups is 3. The van der Waals surface area contributed by atoms with Crippen molar-refractivity contribution in [2.45, 2.75) is 56.2 Å². The molecule has 8 heteroatoms. The average molecular weight is 491 g/mol. The summed E-state index contributed by atoms with van der Waals surface area (Å²) in [6.45, 7) is 1.84. The van der Waals surface area contributed by atoms with Crippen LogP contribution in [0, 0.1) is 0 Å². The van der Waals surface area contributed by atoms with Gasteiger partial charge in [-0.15, -0.1) is 0 Å². The molecule has 0 unspecified atom stereocenters. The Morgan fingerprint density at radius 1 is 1.00 bits per heavy atom. The first-order chi connectivity index (χ1) is 17.1. The lowest BCUT2D eigenvalue weighted by Crippen LogP contribution is -2.33. The van der Waals surface area contributed by atoms with Gasteiger partial charge in [0.15, 0.2) is 5.17 Å². The number of nitrogens with zero attached hydrogens (tertiary/aromatic N) is 2. The number of hydrogen-bond donors (Lipinski definition) is 2. The molecule has 0 spiro atoms. The van der Waals surface area contributed by atoms with Gasteiger partial charge < -0.3 is 15.5 Å². The molecule has 0 radical (unpaired) electrons. The van der Waals surface area contributed by atoms with E-state index in [1.807, 2.05) is 12.1 Å². The Morgan fingerprint density at radius 3 is 2.57 bits per heavy atom. The lowest BCUT2D eigenvalue weighted by molar-refractivity contribution is -0.121. The summed E-state index contributed by atoms with van der Waals surface area (Å²) in [5.41, 5.74) is 3.64. The fourth-order valence-corrected chi connectivity index (χ4v) is 6.08. The standard InChI is InChI=1S/C27H30N4O3S/c32-24(17-23-26(34)30-27(35-23)31-15-4-1-5-16-31)28-20-13-11-19(12-14-20)25(33)29-22-10-6-8-18-7-2-3-9-21(18)22/h2-3,7,9,11-14,22-23H,1,4-6,8,10,15-17H2,(H,28,32)(H,29,33)/t22-,23-/m1/s1. The Hall–Kier alpha value is -3.13. The number of carbonyl (C=O) groups excluding carboxylic acids is 3. The number of likely N-dealkylation sites (tertiary alicyclic amines) is 1. The first-order valence-corrected chi connectivity index (χ1v) is 13.3. The summed E-state index contributed by atoms with van der Waals surface area (Å²) in [6, 6.07) is 15.2. The van der Waals surface area contributed by atoms with Crippen molar-refractivity contribution < 1.29 is 14.4 Å². The molecule has 1 saturated heterocycles. The first kappa shape index (κ1) is 23.6. The van der Waals surface area contributed by atoms with Gasteiger partial charge in [0.25, 0.3) is 11.8 Å². The number of nitrogens with one attached hydrogen (secondary N) is 2. The molecule has 2 aromatic carbocycles. The fourth-order valence-electron chi connectivity index (χ4n) is 4.96. The highest BCUT2D eigenvalue weighted by Crippen LogP contribution is 2.30. The van der Waals surface area contributed by atoms with Gasteiger partial charge in [0.1, 0.15) is 5.25 Å². The number of rotatable bonds is 5. The summed E-state index contributed by atoms with van der Waals surface area (Å²) in [7, 11) is 0. The van der Waals surface area contributed by atoms with Crippen LogP contribution in [0.5, 0.6) is 0 Å². The number of benzene rings is 2. The number of amidine groups is 1. The van der Waals surface area contributed by atoms with Crippen LogP contribution in [-0.4, -0.2) is 46.1 Å². The van der Waals surface area contributed by atoms with Gasteiger partial charge >= 0.3 is 0 Å². The molecule has 2 aromatic rings. The topological polar surface area (TPSA) is 90.9 Å². The molecule has 2 heterocycles. The summed E-state index contributed by atoms with van der Waals surface area (Å²) >= 11 is 1.39. The molecule has 7 nitrogen and oxygen atoms in total. The van der Waals surface area contributed by atoms with Crippen molar-refractivity contribution in [3.05, 3.63) is 65.2 Å². The summed E-state index contributed by atoms with van der Waals surface area (Å²) in [6.07, 6.45) is 6.55. The molecule has 0 aromatic heterocycles. The Balaban J connectivity index is 1.13. The molecule has 2 atom stereocenters. The minimum absolute atomic E-state index is 0.0188. The second kappa shape index (κ2) is 10.6. The van der Waals surface area contributed by atoms with Crippen molar-refractivity contribution in [3.63, 3.8) is 0 Å². The number of piperidine rings is 1. The minimum atomic E-state index is -0.477. The van der Waals surface area contributed by atoms with E-state index < -0.39 is 5.25 Å². The van der Waals surface area contributed by atoms with Crippen molar-refractivity contribution in [3.8, 4) is 0 Å². The summed E-state index contributed by atoms with van der Waals surface area (Å²) in [4.78, 5) is 44.1. The van der Waals surface area contributed by atoms with Gasteiger partial charge in [-0.25, -0.2) is 0 Å². The third-order valence-electron chi connectivity index (χ3n) is 6.83. The van der Waals surface area contributed by atoms with E-state index in [-0.39, 0.29) is 30.2 Å². The molecule has 0 saturated carbocycles. The van der Waals surface area contributed by atoms with Crippen LogP contribution in [0.4, 0.5) is 5.69 Å². The predicted molar refractivity (Wildman–Crippen MR) is 139 cm³/mol. The molecule has 1 aliphatic carbocycles. The van der Waals surface area contributed by atoms with Crippen molar-refractivity contribution >= 4 is 40.3 Å². The zero-order chi connectivity index (χ0) is 24.2. The van der Waals surface area contributed by atoms with Gasteiger partial charge in [-0.05, 0) is 73.9 Å². The molecule has 5 rings (SSSR count). The van der Waals surface area contributed by atoms with E-state index in [1.165, 1.54) is 29.3 Å². The van der Waals surface area contributed by atoms with Crippen molar-refractivity contribution in [1.82, 2.24) is 10.2 Å². The Labute approximate surface area is 209 Å². The zero-order valence-electron chi connectivity index (χ0n) is 19.7. The lowest BCUT2D eigenvalue weighted by atomic mass is 9.87. The molecule has 3 amide bonds. The molecular weight excluding hydrogens is 460 g/mol. The molecule has 3 aliphatic rings. The monoisotopic (exact) mass is 490 g/mol. The van der Waals surface area contributed by atoms with Crippen LogP contribution in [0.15, 0.2) is 53.5 Å². The highest BCUT2D eigenvalue weighted by molar-refractivity contribution is 8.15. The van der Waals surface area contributed by atoms with E-state index in [9.17, 15) is 14.4 Å². The molecule has 35 heavy (non-hydrogen) atoms. The van der Waals surface area contributed by atoms with Crippen molar-refractivity contribution in [1.29, 1.82) is 0 Å². The van der Waals surface area contributed by atoms with E-state index in [1.54, 1.807) is 24.3 Å². The van der Waals surface area contributed by atoms with Crippen LogP contribution in [0.25, 0.3) is 0 Å². The fraction of sp³-hybridized carbons (Fsp3) is 0.407. The molecule has 1 fully saturated rings. The Kier molecular flexibility index (Phi) is 7.18. The van der Waals surface area contributed by atoms with Crippen molar-refractivity contribution in [2.24, 2.45) is 4.99 Å². The van der Waals surface area contributed by atoms with Crippen molar-refractivity contribution in [2.75, 3.05) is 18.4 Å². The molecule has 2 aliphatic heterocycles. The van der Waals surface area contributed by atoms with Gasteiger partial charge in [-0.1, -0.05) is 36.0 Å². The maximum absolute atomic E-state index is 12.8. The van der Waals surface area contributed by atoms with E-state index in [4.69, 9.17) is 0 Å². The Morgan fingerprint density at radius 2 is 1.77 bits per heavy atom. The Bertz CT molecular complexity index is 1140. The smallest absolute Gasteiger partial charge is 0.262 e. The van der Waals surface area contributed by atoms with E-state index in [2.05, 4.69) is 32.7 Å². The van der Waals surface area contributed by atoms with Crippen LogP contribution in [-0.2, 0) is 16.0 Å². The number of anilines is 1. The van der Waals surface area contributed by atoms with Gasteiger partial charge in [-0.2, -0.15) is 4.99 Å². The van der Waals surface area contributed by atoms with E-state index in [0.29, 0.717) is 11.3 Å². The van der Waals surface area contributed by atoms with Gasteiger partial charge in [-0.3, -0.25) is 14.4 Å². The normalized spacial score (nSPS) is 21.8. The van der Waals surface area contributed by atoms with Gasteiger partial charge in [0, 0.05) is 30.8 Å². The van der Waals surface area contributed by atoms with E-state index >= 15 is 0 Å². The largest absolute Gasteiger partial charge is 0.351 e. The second-order valence-corrected chi connectivity index (χ2v) is 10.5. The van der Waals surface area contributed by atoms with Crippen LogP contribution >= 0.6 is 11.8 Å². The number of aryl methyl sites for hydroxylation is 1. The minimum Gasteiger partial charge on any atom is -0.351 e. The van der Waals surface area contributed by atoms with E-state index in [0.717, 1.165) is 50.4 Å². The maximum Gasteiger partial charge on any atom is 0.262 e. The number of fused-ring (bicyclic) bond motifs is 1. The number of amides is 3. The van der Waals surface area contributed by atoms with Gasteiger partial charge in [0.05, 0.1) is 6.04 Å². The SMILES string of the molecule is O=C(C[C@H]1SC(N2CCCCC2)=NC1=O)Nc1ccc(C(=O)N[C@@H]2CCCc3ccccc32)cc1. The molecular formula is C27H30N4O3S. The molecule has 2 N–H and O–H groups in total. The number of aliphatic imine (C=N–C) groups is 1. The van der Waals surface area contributed by atoms with Crippen LogP contribution in [0.2, 0.25) is 0 Å². The maximum atomic E-state index is 12.8. The zero-order valence-corrected chi connectivity index (χ0v) is 20.5. The highest BCUT2D eigenvalue weighted by atomic mass is 32.2. The molecule has 182 valence electrons. The number of thioether (sulfide) groups is 1. The summed E-state index contributed by atoms with van der Waals surface area (Å²) in [5.74, 6) is -0.594. The molecule has 0 bridgehead atoms. The third kappa shape index (κ3) is 5.59. The quantitative estimate of drug-likeness (QED) is 0.652. The van der Waals surface area contributed by atoms with Crippen LogP contribution < -0.4 is 10.6 Å². The number of hydrogen-bond acceptors (Lipinski definition) is 5. The lowest BCUT2D eigenvalue weighted by Gasteiger charge is -2.27. The first-order valence-electron chi connectivity index (χ1n) is 12.4. The van der Waals surface area contributed by atoms with Crippen LogP contribution in [0.1, 0.15) is 66.1 Å². The third-order valence-corrected chi connectivity index (χ3v) is 8.05. The highest BCUT2D eigenvalue weighted by Gasteiger charge is 2.33. The predicted octanol–water partition coefficient (Wildman–Crippen LogP) is 4.31. The average Bonchev–Trinajstić information content (AvgIpc) is 3.25. The summed E-state index contributed by atoms with van der Waals surface area (Å²) in [5, 5.41) is 6.27. The van der Waals surface area contributed by atoms with Gasteiger partial charge in [0.2, 0.25) is 5.91 Å². The second-order valence-electron chi connectivity index (χ2n) is 9.33.